The number of rotatable bonds is 1. The molecular formula is C17H23NS. The zero-order valence-corrected chi connectivity index (χ0v) is 12.5. The smallest absolute Gasteiger partial charge is 0.0711 e. The van der Waals surface area contributed by atoms with E-state index in [1.807, 2.05) is 0 Å². The van der Waals surface area contributed by atoms with Crippen LogP contribution in [0.15, 0.2) is 24.3 Å². The molecule has 3 unspecified atom stereocenters. The summed E-state index contributed by atoms with van der Waals surface area (Å²) in [6.45, 7) is 2.32. The molecule has 1 saturated heterocycles. The number of thioether (sulfide) groups is 1. The first-order chi connectivity index (χ1) is 9.32. The van der Waals surface area contributed by atoms with Crippen molar-refractivity contribution in [2.24, 2.45) is 11.8 Å². The van der Waals surface area contributed by atoms with Gasteiger partial charge in [-0.15, -0.1) is 11.8 Å². The summed E-state index contributed by atoms with van der Waals surface area (Å²) in [5, 5.41) is 4.06. The van der Waals surface area contributed by atoms with Gasteiger partial charge < -0.3 is 0 Å². The van der Waals surface area contributed by atoms with Crippen molar-refractivity contribution >= 4 is 11.8 Å². The van der Waals surface area contributed by atoms with Crippen LogP contribution in [0.2, 0.25) is 0 Å². The SMILES string of the molecule is CCC1CSC2(N1)C1CCC2Cc2ccccc2C1. The summed E-state index contributed by atoms with van der Waals surface area (Å²) in [5.41, 5.74) is 3.24. The third-order valence-corrected chi connectivity index (χ3v) is 7.40. The molecule has 2 fully saturated rings. The minimum Gasteiger partial charge on any atom is -0.299 e. The van der Waals surface area contributed by atoms with E-state index in [9.17, 15) is 0 Å². The molecule has 0 radical (unpaired) electrons. The quantitative estimate of drug-likeness (QED) is 0.838. The second-order valence-electron chi connectivity index (χ2n) is 6.50. The monoisotopic (exact) mass is 273 g/mol. The highest BCUT2D eigenvalue weighted by atomic mass is 32.2. The van der Waals surface area contributed by atoms with E-state index >= 15 is 0 Å². The number of benzene rings is 1. The van der Waals surface area contributed by atoms with E-state index in [4.69, 9.17) is 0 Å². The van der Waals surface area contributed by atoms with Gasteiger partial charge in [0, 0.05) is 11.8 Å². The largest absolute Gasteiger partial charge is 0.299 e. The summed E-state index contributed by atoms with van der Waals surface area (Å²) in [4.78, 5) is 0.402. The van der Waals surface area contributed by atoms with Gasteiger partial charge in [-0.3, -0.25) is 5.32 Å². The Balaban J connectivity index is 1.70. The van der Waals surface area contributed by atoms with Crippen molar-refractivity contribution in [2.75, 3.05) is 5.75 Å². The maximum Gasteiger partial charge on any atom is 0.0711 e. The number of fused-ring (bicyclic) bond motifs is 1. The van der Waals surface area contributed by atoms with Gasteiger partial charge in [-0.2, -0.15) is 0 Å². The lowest BCUT2D eigenvalue weighted by Crippen LogP contribution is -2.49. The van der Waals surface area contributed by atoms with Gasteiger partial charge in [0.25, 0.3) is 0 Å². The molecule has 1 aromatic carbocycles. The molecule has 3 atom stereocenters. The molecule has 1 N–H and O–H groups in total. The van der Waals surface area contributed by atoms with Crippen LogP contribution in [-0.4, -0.2) is 16.7 Å². The fraction of sp³-hybridized carbons (Fsp3) is 0.647. The maximum atomic E-state index is 4.06. The summed E-state index contributed by atoms with van der Waals surface area (Å²) in [7, 11) is 0. The van der Waals surface area contributed by atoms with E-state index in [0.29, 0.717) is 4.87 Å². The first-order valence-electron chi connectivity index (χ1n) is 7.80. The van der Waals surface area contributed by atoms with Crippen LogP contribution in [0.3, 0.4) is 0 Å². The van der Waals surface area contributed by atoms with Crippen molar-refractivity contribution in [3.63, 3.8) is 0 Å². The minimum atomic E-state index is 0.402. The van der Waals surface area contributed by atoms with Gasteiger partial charge in [0.15, 0.2) is 0 Å². The van der Waals surface area contributed by atoms with Gasteiger partial charge in [-0.05, 0) is 55.1 Å². The molecule has 2 heteroatoms. The van der Waals surface area contributed by atoms with Crippen LogP contribution in [0, 0.1) is 11.8 Å². The predicted octanol–water partition coefficient (Wildman–Crippen LogP) is 3.62. The Hall–Kier alpha value is -0.470. The van der Waals surface area contributed by atoms with Gasteiger partial charge >= 0.3 is 0 Å². The number of hydrogen-bond donors (Lipinski definition) is 1. The molecule has 2 aliphatic carbocycles. The summed E-state index contributed by atoms with van der Waals surface area (Å²) in [6, 6.07) is 9.90. The lowest BCUT2D eigenvalue weighted by atomic mass is 9.93. The molecule has 1 nitrogen and oxygen atoms in total. The molecule has 1 saturated carbocycles. The van der Waals surface area contributed by atoms with E-state index in [1.54, 1.807) is 11.1 Å². The Bertz CT molecular complexity index is 451. The van der Waals surface area contributed by atoms with Gasteiger partial charge in [0.2, 0.25) is 0 Å². The van der Waals surface area contributed by atoms with Crippen molar-refractivity contribution in [1.29, 1.82) is 0 Å². The van der Waals surface area contributed by atoms with Crippen LogP contribution >= 0.6 is 11.8 Å². The first-order valence-corrected chi connectivity index (χ1v) is 8.79. The van der Waals surface area contributed by atoms with E-state index in [1.165, 1.54) is 37.9 Å². The molecule has 4 rings (SSSR count). The summed E-state index contributed by atoms with van der Waals surface area (Å²) in [6.07, 6.45) is 6.72. The Morgan fingerprint density at radius 1 is 1.16 bits per heavy atom. The highest BCUT2D eigenvalue weighted by Gasteiger charge is 2.55. The first kappa shape index (κ1) is 12.3. The Morgan fingerprint density at radius 3 is 2.32 bits per heavy atom. The van der Waals surface area contributed by atoms with Gasteiger partial charge in [-0.1, -0.05) is 31.2 Å². The molecule has 1 aliphatic heterocycles. The van der Waals surface area contributed by atoms with Crippen molar-refractivity contribution in [1.82, 2.24) is 5.32 Å². The molecule has 2 bridgehead atoms. The topological polar surface area (TPSA) is 12.0 Å². The van der Waals surface area contributed by atoms with Crippen LogP contribution in [0.25, 0.3) is 0 Å². The van der Waals surface area contributed by atoms with Crippen molar-refractivity contribution in [3.8, 4) is 0 Å². The second-order valence-corrected chi connectivity index (χ2v) is 7.80. The second kappa shape index (κ2) is 4.53. The van der Waals surface area contributed by atoms with Crippen LogP contribution in [-0.2, 0) is 12.8 Å². The van der Waals surface area contributed by atoms with E-state index < -0.39 is 0 Å². The normalized spacial score (nSPS) is 40.4. The summed E-state index contributed by atoms with van der Waals surface area (Å²) >= 11 is 2.25. The third-order valence-electron chi connectivity index (χ3n) is 5.57. The Kier molecular flexibility index (Phi) is 2.93. The van der Waals surface area contributed by atoms with Crippen LogP contribution in [0.5, 0.6) is 0 Å². The Morgan fingerprint density at radius 2 is 1.79 bits per heavy atom. The molecule has 0 amide bonds. The molecule has 1 spiro atoms. The lowest BCUT2D eigenvalue weighted by molar-refractivity contribution is 0.291. The molecule has 0 aromatic heterocycles. The van der Waals surface area contributed by atoms with Crippen LogP contribution < -0.4 is 5.32 Å². The van der Waals surface area contributed by atoms with Gasteiger partial charge in [0.05, 0.1) is 4.87 Å². The standard InChI is InChI=1S/C17H23NS/c1-2-16-11-19-17(18-16)14-7-8-15(17)10-13-6-4-3-5-12(13)9-14/h3-6,14-16,18H,2,7-11H2,1H3. The molecule has 102 valence electrons. The van der Waals surface area contributed by atoms with E-state index in [2.05, 4.69) is 48.3 Å². The van der Waals surface area contributed by atoms with Crippen LogP contribution in [0.1, 0.15) is 37.3 Å². The third kappa shape index (κ3) is 1.80. The van der Waals surface area contributed by atoms with Crippen molar-refractivity contribution < 1.29 is 0 Å². The average Bonchev–Trinajstić information content (AvgIpc) is 2.94. The molecule has 1 heterocycles. The summed E-state index contributed by atoms with van der Waals surface area (Å²) in [5.74, 6) is 3.02. The van der Waals surface area contributed by atoms with Gasteiger partial charge in [0.1, 0.15) is 0 Å². The van der Waals surface area contributed by atoms with Gasteiger partial charge in [-0.25, -0.2) is 0 Å². The Labute approximate surface area is 120 Å². The van der Waals surface area contributed by atoms with E-state index in [0.717, 1.165) is 17.9 Å². The minimum absolute atomic E-state index is 0.402. The highest BCUT2D eigenvalue weighted by molar-refractivity contribution is 8.01. The molecular weight excluding hydrogens is 250 g/mol. The fourth-order valence-corrected chi connectivity index (χ4v) is 6.41. The predicted molar refractivity (Wildman–Crippen MR) is 82.5 cm³/mol. The number of nitrogens with one attached hydrogen (secondary N) is 1. The number of hydrogen-bond acceptors (Lipinski definition) is 2. The lowest BCUT2D eigenvalue weighted by Gasteiger charge is -2.35. The van der Waals surface area contributed by atoms with E-state index in [-0.39, 0.29) is 0 Å². The highest BCUT2D eigenvalue weighted by Crippen LogP contribution is 2.55. The van der Waals surface area contributed by atoms with Crippen molar-refractivity contribution in [3.05, 3.63) is 35.4 Å². The van der Waals surface area contributed by atoms with Crippen LogP contribution in [0.4, 0.5) is 0 Å². The average molecular weight is 273 g/mol. The fourth-order valence-electron chi connectivity index (χ4n) is 4.49. The van der Waals surface area contributed by atoms with Crippen molar-refractivity contribution in [2.45, 2.75) is 49.9 Å². The molecule has 19 heavy (non-hydrogen) atoms. The maximum absolute atomic E-state index is 4.06. The zero-order chi connectivity index (χ0) is 12.9. The zero-order valence-electron chi connectivity index (χ0n) is 11.7. The molecule has 1 aromatic rings. The summed E-state index contributed by atoms with van der Waals surface area (Å²) < 4.78 is 0. The molecule has 3 aliphatic rings.